The van der Waals surface area contributed by atoms with Gasteiger partial charge in [0.2, 0.25) is 5.91 Å². The number of halogens is 3. The fourth-order valence-corrected chi connectivity index (χ4v) is 5.18. The first kappa shape index (κ1) is 27.2. The maximum absolute atomic E-state index is 13.5. The number of nitrogens with one attached hydrogen (secondary N) is 2. The number of hydrogen-bond donors (Lipinski definition) is 2. The smallest absolute Gasteiger partial charge is 0.416 e. The highest BCUT2D eigenvalue weighted by Gasteiger charge is 2.41. The number of alkyl halides is 3. The molecule has 0 unspecified atom stereocenters. The Morgan fingerprint density at radius 2 is 1.88 bits per heavy atom. The number of rotatable bonds is 8. The molecule has 11 heteroatoms. The SMILES string of the molecule is COc1ccccc1NC(=O)CCN1C(=S)N[C@H](c2ccccn2)[C@@H]1c1cccn1-c1cccc(C(F)(F)F)c1. The van der Waals surface area contributed by atoms with Crippen LogP contribution in [0.15, 0.2) is 91.3 Å². The van der Waals surface area contributed by atoms with E-state index >= 15 is 0 Å². The summed E-state index contributed by atoms with van der Waals surface area (Å²) < 4.78 is 47.5. The molecule has 0 spiro atoms. The Kier molecular flexibility index (Phi) is 7.74. The molecule has 0 aliphatic carbocycles. The van der Waals surface area contributed by atoms with E-state index in [2.05, 4.69) is 15.6 Å². The number of benzene rings is 2. The number of carbonyl (C=O) groups excluding carboxylic acids is 1. The van der Waals surface area contributed by atoms with Crippen molar-refractivity contribution in [3.8, 4) is 11.4 Å². The Morgan fingerprint density at radius 3 is 2.62 bits per heavy atom. The monoisotopic (exact) mass is 565 g/mol. The highest BCUT2D eigenvalue weighted by molar-refractivity contribution is 7.80. The van der Waals surface area contributed by atoms with Gasteiger partial charge in [0.05, 0.1) is 36.1 Å². The lowest BCUT2D eigenvalue weighted by Gasteiger charge is -2.29. The normalized spacial score (nSPS) is 17.0. The summed E-state index contributed by atoms with van der Waals surface area (Å²) in [5.74, 6) is 0.307. The molecule has 1 saturated heterocycles. The lowest BCUT2D eigenvalue weighted by atomic mass is 10.0. The summed E-state index contributed by atoms with van der Waals surface area (Å²) in [6, 6.07) is 20.6. The van der Waals surface area contributed by atoms with Gasteiger partial charge in [-0.25, -0.2) is 0 Å². The zero-order valence-electron chi connectivity index (χ0n) is 21.4. The van der Waals surface area contributed by atoms with Gasteiger partial charge in [-0.1, -0.05) is 24.3 Å². The van der Waals surface area contributed by atoms with Gasteiger partial charge in [0.1, 0.15) is 5.75 Å². The number of carbonyl (C=O) groups is 1. The van der Waals surface area contributed by atoms with Crippen molar-refractivity contribution in [3.05, 3.63) is 108 Å². The molecule has 4 aromatic rings. The summed E-state index contributed by atoms with van der Waals surface area (Å²) in [6.45, 7) is 0.259. The van der Waals surface area contributed by atoms with Crippen molar-refractivity contribution in [2.24, 2.45) is 0 Å². The van der Waals surface area contributed by atoms with Crippen molar-refractivity contribution < 1.29 is 22.7 Å². The molecule has 0 bridgehead atoms. The Morgan fingerprint density at radius 1 is 1.07 bits per heavy atom. The highest BCUT2D eigenvalue weighted by Crippen LogP contribution is 2.40. The molecule has 1 fully saturated rings. The van der Waals surface area contributed by atoms with Crippen molar-refractivity contribution in [3.63, 3.8) is 0 Å². The molecule has 2 atom stereocenters. The van der Waals surface area contributed by atoms with Crippen LogP contribution in [-0.4, -0.2) is 39.1 Å². The van der Waals surface area contributed by atoms with E-state index in [4.69, 9.17) is 17.0 Å². The van der Waals surface area contributed by atoms with Crippen molar-refractivity contribution >= 4 is 28.9 Å². The number of para-hydroxylation sites is 2. The minimum absolute atomic E-state index is 0.107. The van der Waals surface area contributed by atoms with E-state index in [0.717, 1.165) is 12.1 Å². The first-order valence-electron chi connectivity index (χ1n) is 12.5. The molecule has 0 saturated carbocycles. The van der Waals surface area contributed by atoms with Gasteiger partial charge in [0, 0.05) is 36.7 Å². The van der Waals surface area contributed by atoms with E-state index in [1.165, 1.54) is 13.2 Å². The van der Waals surface area contributed by atoms with Gasteiger partial charge in [-0.2, -0.15) is 13.2 Å². The third-order valence-corrected chi connectivity index (χ3v) is 7.05. The summed E-state index contributed by atoms with van der Waals surface area (Å²) in [6.07, 6.45) is -0.979. The number of aromatic nitrogens is 2. The van der Waals surface area contributed by atoms with Crippen LogP contribution >= 0.6 is 12.2 Å². The van der Waals surface area contributed by atoms with Crippen molar-refractivity contribution in [2.45, 2.75) is 24.7 Å². The average molecular weight is 566 g/mol. The first-order chi connectivity index (χ1) is 19.3. The highest BCUT2D eigenvalue weighted by atomic mass is 32.1. The standard InChI is InChI=1S/C29H26F3N5O2S/c1-39-24-13-3-2-10-21(24)34-25(38)14-17-37-27(26(35-28(37)40)22-11-4-5-15-33-22)23-12-7-16-36(23)20-9-6-8-19(18-20)29(30,31)32/h2-13,15-16,18,26-27H,14,17H2,1H3,(H,34,38)(H,35,40)/t26-,27+/m1/s1. The number of thiocarbonyl (C=S) groups is 1. The minimum Gasteiger partial charge on any atom is -0.495 e. The molecule has 1 aliphatic rings. The third-order valence-electron chi connectivity index (χ3n) is 6.69. The van der Waals surface area contributed by atoms with Gasteiger partial charge in [-0.05, 0) is 66.8 Å². The molecule has 3 heterocycles. The number of pyridine rings is 1. The van der Waals surface area contributed by atoms with Crippen molar-refractivity contribution in [1.82, 2.24) is 19.8 Å². The van der Waals surface area contributed by atoms with E-state index in [9.17, 15) is 18.0 Å². The van der Waals surface area contributed by atoms with E-state index in [-0.39, 0.29) is 18.9 Å². The molecule has 206 valence electrons. The van der Waals surface area contributed by atoms with Crippen LogP contribution < -0.4 is 15.4 Å². The molecular formula is C29H26F3N5O2S. The summed E-state index contributed by atoms with van der Waals surface area (Å²) in [5, 5.41) is 6.61. The third kappa shape index (κ3) is 5.64. The van der Waals surface area contributed by atoms with E-state index in [1.54, 1.807) is 53.4 Å². The average Bonchev–Trinajstić information content (AvgIpc) is 3.56. The maximum Gasteiger partial charge on any atom is 0.416 e. The summed E-state index contributed by atoms with van der Waals surface area (Å²) >= 11 is 5.70. The fraction of sp³-hybridized carbons (Fsp3) is 0.207. The van der Waals surface area contributed by atoms with Gasteiger partial charge >= 0.3 is 6.18 Å². The zero-order chi connectivity index (χ0) is 28.3. The minimum atomic E-state index is -4.48. The lowest BCUT2D eigenvalue weighted by molar-refractivity contribution is -0.137. The number of amides is 1. The Hall–Kier alpha value is -4.38. The Bertz CT molecular complexity index is 1510. The predicted molar refractivity (Wildman–Crippen MR) is 149 cm³/mol. The topological polar surface area (TPSA) is 71.4 Å². The van der Waals surface area contributed by atoms with Crippen LogP contribution in [0.5, 0.6) is 5.75 Å². The van der Waals surface area contributed by atoms with Gasteiger partial charge < -0.3 is 24.8 Å². The molecule has 0 radical (unpaired) electrons. The van der Waals surface area contributed by atoms with Gasteiger partial charge in [0.15, 0.2) is 5.11 Å². The Balaban J connectivity index is 1.46. The molecular weight excluding hydrogens is 539 g/mol. The molecule has 2 aromatic heterocycles. The number of ether oxygens (including phenoxy) is 1. The van der Waals surface area contributed by atoms with Crippen LogP contribution in [0.1, 0.15) is 35.5 Å². The van der Waals surface area contributed by atoms with Crippen LogP contribution in [-0.2, 0) is 11.0 Å². The fourth-order valence-electron chi connectivity index (χ4n) is 4.85. The van der Waals surface area contributed by atoms with Crippen LogP contribution in [0, 0.1) is 0 Å². The number of anilines is 1. The van der Waals surface area contributed by atoms with Crippen LogP contribution in [0.4, 0.5) is 18.9 Å². The summed E-state index contributed by atoms with van der Waals surface area (Å²) in [7, 11) is 1.53. The molecule has 7 nitrogen and oxygen atoms in total. The van der Waals surface area contributed by atoms with E-state index in [0.29, 0.717) is 33.6 Å². The van der Waals surface area contributed by atoms with Gasteiger partial charge in [0.25, 0.3) is 0 Å². The predicted octanol–water partition coefficient (Wildman–Crippen LogP) is 5.90. The number of hydrogen-bond acceptors (Lipinski definition) is 4. The Labute approximate surface area is 234 Å². The van der Waals surface area contributed by atoms with Crippen LogP contribution in [0.2, 0.25) is 0 Å². The largest absolute Gasteiger partial charge is 0.495 e. The molecule has 2 aromatic carbocycles. The quantitative estimate of drug-likeness (QED) is 0.259. The van der Waals surface area contributed by atoms with Gasteiger partial charge in [-0.3, -0.25) is 9.78 Å². The molecule has 1 amide bonds. The number of nitrogens with zero attached hydrogens (tertiary/aromatic N) is 3. The second-order valence-corrected chi connectivity index (χ2v) is 9.56. The zero-order valence-corrected chi connectivity index (χ0v) is 22.2. The van der Waals surface area contributed by atoms with Crippen LogP contribution in [0.25, 0.3) is 5.69 Å². The van der Waals surface area contributed by atoms with Crippen LogP contribution in [0.3, 0.4) is 0 Å². The van der Waals surface area contributed by atoms with Gasteiger partial charge in [-0.15, -0.1) is 0 Å². The van der Waals surface area contributed by atoms with E-state index < -0.39 is 23.8 Å². The summed E-state index contributed by atoms with van der Waals surface area (Å²) in [4.78, 5) is 19.3. The lowest BCUT2D eigenvalue weighted by Crippen LogP contribution is -2.33. The summed E-state index contributed by atoms with van der Waals surface area (Å²) in [5.41, 5.74) is 1.59. The van der Waals surface area contributed by atoms with E-state index in [1.807, 2.05) is 29.2 Å². The second kappa shape index (κ2) is 11.4. The first-order valence-corrected chi connectivity index (χ1v) is 12.9. The molecule has 2 N–H and O–H groups in total. The van der Waals surface area contributed by atoms with Crippen molar-refractivity contribution in [2.75, 3.05) is 19.0 Å². The van der Waals surface area contributed by atoms with Crippen molar-refractivity contribution in [1.29, 1.82) is 0 Å². The molecule has 5 rings (SSSR count). The maximum atomic E-state index is 13.5. The molecule has 1 aliphatic heterocycles. The number of methoxy groups -OCH3 is 1. The molecule has 40 heavy (non-hydrogen) atoms. The second-order valence-electron chi connectivity index (χ2n) is 9.17.